The average molecular weight is 519 g/mol. The Labute approximate surface area is 215 Å². The topological polar surface area (TPSA) is 165 Å². The zero-order valence-corrected chi connectivity index (χ0v) is 19.8. The highest BCUT2D eigenvalue weighted by Gasteiger charge is 2.22. The van der Waals surface area contributed by atoms with Crippen molar-refractivity contribution in [2.75, 3.05) is 5.32 Å². The van der Waals surface area contributed by atoms with Crippen molar-refractivity contribution in [1.29, 1.82) is 0 Å². The Hall–Kier alpha value is -4.97. The van der Waals surface area contributed by atoms with Crippen LogP contribution in [-0.4, -0.2) is 59.1 Å². The molecule has 0 bridgehead atoms. The number of tetrazole rings is 1. The van der Waals surface area contributed by atoms with E-state index in [-0.39, 0.29) is 17.9 Å². The molecular formula is C24H19ClN8O4. The Balaban J connectivity index is 1.51. The summed E-state index contributed by atoms with van der Waals surface area (Å²) in [5.74, 6) is -2.41. The Morgan fingerprint density at radius 3 is 2.51 bits per heavy atom. The first-order chi connectivity index (χ1) is 17.9. The fourth-order valence-electron chi connectivity index (χ4n) is 3.28. The summed E-state index contributed by atoms with van der Waals surface area (Å²) in [5, 5.41) is 25.7. The number of carboxylic acids is 1. The zero-order chi connectivity index (χ0) is 26.2. The summed E-state index contributed by atoms with van der Waals surface area (Å²) in [4.78, 5) is 44.5. The molecule has 0 aliphatic heterocycles. The van der Waals surface area contributed by atoms with E-state index in [1.165, 1.54) is 23.2 Å². The van der Waals surface area contributed by atoms with E-state index < -0.39 is 23.8 Å². The van der Waals surface area contributed by atoms with Crippen molar-refractivity contribution in [2.45, 2.75) is 12.5 Å². The van der Waals surface area contributed by atoms with Gasteiger partial charge in [0.2, 0.25) is 17.8 Å². The zero-order valence-electron chi connectivity index (χ0n) is 19.0. The van der Waals surface area contributed by atoms with Crippen LogP contribution in [0.4, 0.5) is 5.95 Å². The van der Waals surface area contributed by atoms with E-state index in [9.17, 15) is 14.4 Å². The third kappa shape index (κ3) is 6.80. The van der Waals surface area contributed by atoms with Crippen molar-refractivity contribution in [2.24, 2.45) is 0 Å². The molecule has 186 valence electrons. The number of amides is 2. The van der Waals surface area contributed by atoms with Crippen molar-refractivity contribution >= 4 is 41.4 Å². The monoisotopic (exact) mass is 518 g/mol. The predicted octanol–water partition coefficient (Wildman–Crippen LogP) is 2.18. The van der Waals surface area contributed by atoms with E-state index >= 15 is 0 Å². The number of carbonyl (C=O) groups excluding carboxylic acids is 2. The number of carboxylic acid groups (broad SMARTS) is 1. The number of halogens is 1. The van der Waals surface area contributed by atoms with Gasteiger partial charge in [-0.25, -0.2) is 14.8 Å². The largest absolute Gasteiger partial charge is 0.478 e. The molecule has 12 nitrogen and oxygen atoms in total. The number of hydrogen-bond acceptors (Lipinski definition) is 8. The quantitative estimate of drug-likeness (QED) is 0.281. The van der Waals surface area contributed by atoms with Gasteiger partial charge in [-0.2, -0.15) is 4.68 Å². The van der Waals surface area contributed by atoms with Gasteiger partial charge in [0.1, 0.15) is 12.4 Å². The number of aromatic carboxylic acids is 1. The highest BCUT2D eigenvalue weighted by molar-refractivity contribution is 6.30. The summed E-state index contributed by atoms with van der Waals surface area (Å²) in [6, 6.07) is 13.2. The van der Waals surface area contributed by atoms with Gasteiger partial charge in [-0.15, -0.1) is 5.10 Å². The van der Waals surface area contributed by atoms with Crippen molar-refractivity contribution < 1.29 is 19.5 Å². The molecule has 0 unspecified atom stereocenters. The fourth-order valence-corrected chi connectivity index (χ4v) is 3.46. The second kappa shape index (κ2) is 11.6. The maximum absolute atomic E-state index is 13.0. The molecule has 0 aliphatic carbocycles. The molecule has 3 N–H and O–H groups in total. The molecule has 13 heteroatoms. The summed E-state index contributed by atoms with van der Waals surface area (Å²) < 4.78 is 1.43. The number of nitrogens with one attached hydrogen (secondary N) is 2. The third-order valence-corrected chi connectivity index (χ3v) is 5.28. The molecule has 37 heavy (non-hydrogen) atoms. The first-order valence-corrected chi connectivity index (χ1v) is 11.2. The maximum atomic E-state index is 13.0. The molecule has 2 aromatic carbocycles. The van der Waals surface area contributed by atoms with Crippen LogP contribution in [-0.2, 0) is 16.0 Å². The summed E-state index contributed by atoms with van der Waals surface area (Å²) in [7, 11) is 0. The first-order valence-electron chi connectivity index (χ1n) is 10.8. The first kappa shape index (κ1) is 25.1. The standard InChI is InChI=1S/C24H19ClN8O4/c25-18-7-8-20(33-14-28-31-32-33)16(11-18)6-9-21(34)29-19(10-15-4-2-1-3-5-15)22(35)30-24-26-12-17(13-27-24)23(36)37/h1-9,11-14,19H,10H2,(H,29,34)(H,36,37)(H,26,27,30,35)/b9-6+/t19-/m0/s1. The lowest BCUT2D eigenvalue weighted by atomic mass is 10.1. The minimum Gasteiger partial charge on any atom is -0.478 e. The Bertz CT molecular complexity index is 1430. The van der Waals surface area contributed by atoms with E-state index in [4.69, 9.17) is 16.7 Å². The van der Waals surface area contributed by atoms with Crippen LogP contribution in [0, 0.1) is 0 Å². The highest BCUT2D eigenvalue weighted by atomic mass is 35.5. The number of benzene rings is 2. The maximum Gasteiger partial charge on any atom is 0.338 e. The summed E-state index contributed by atoms with van der Waals surface area (Å²) in [6.07, 6.45) is 6.54. The number of carbonyl (C=O) groups is 3. The van der Waals surface area contributed by atoms with Crippen LogP contribution >= 0.6 is 11.6 Å². The minimum atomic E-state index is -1.19. The number of hydrogen-bond donors (Lipinski definition) is 3. The molecule has 2 aromatic heterocycles. The molecule has 1 atom stereocenters. The van der Waals surface area contributed by atoms with E-state index in [2.05, 4.69) is 36.1 Å². The van der Waals surface area contributed by atoms with Crippen molar-refractivity contribution in [3.8, 4) is 5.69 Å². The predicted molar refractivity (Wildman–Crippen MR) is 133 cm³/mol. The van der Waals surface area contributed by atoms with Gasteiger partial charge in [0, 0.05) is 35.5 Å². The SMILES string of the molecule is O=C(/C=C/c1cc(Cl)ccc1-n1cnnn1)N[C@@H](Cc1ccccc1)C(=O)Nc1ncc(C(=O)O)cn1. The van der Waals surface area contributed by atoms with Gasteiger partial charge in [-0.05, 0) is 40.3 Å². The number of rotatable bonds is 9. The van der Waals surface area contributed by atoms with Crippen LogP contribution in [0.5, 0.6) is 0 Å². The average Bonchev–Trinajstić information content (AvgIpc) is 3.43. The molecular weight excluding hydrogens is 500 g/mol. The van der Waals surface area contributed by atoms with Gasteiger partial charge in [-0.1, -0.05) is 41.9 Å². The molecule has 2 heterocycles. The normalized spacial score (nSPS) is 11.7. The van der Waals surface area contributed by atoms with Crippen LogP contribution in [0.15, 0.2) is 73.3 Å². The van der Waals surface area contributed by atoms with Crippen LogP contribution in [0.3, 0.4) is 0 Å². The highest BCUT2D eigenvalue weighted by Crippen LogP contribution is 2.20. The van der Waals surface area contributed by atoms with Crippen LogP contribution in [0.25, 0.3) is 11.8 Å². The van der Waals surface area contributed by atoms with Gasteiger partial charge < -0.3 is 10.4 Å². The number of nitrogens with zero attached hydrogens (tertiary/aromatic N) is 6. The second-order valence-corrected chi connectivity index (χ2v) is 8.07. The van der Waals surface area contributed by atoms with Gasteiger partial charge >= 0.3 is 5.97 Å². The van der Waals surface area contributed by atoms with Crippen molar-refractivity contribution in [3.05, 3.63) is 95.0 Å². The molecule has 0 aliphatic rings. The molecule has 0 saturated carbocycles. The molecule has 4 aromatic rings. The van der Waals surface area contributed by atoms with E-state index in [1.54, 1.807) is 18.2 Å². The van der Waals surface area contributed by atoms with Gasteiger partial charge in [0.05, 0.1) is 11.3 Å². The third-order valence-electron chi connectivity index (χ3n) is 5.05. The van der Waals surface area contributed by atoms with E-state index in [1.807, 2.05) is 30.3 Å². The fraction of sp³-hybridized carbons (Fsp3) is 0.0833. The van der Waals surface area contributed by atoms with Crippen LogP contribution in [0.2, 0.25) is 5.02 Å². The smallest absolute Gasteiger partial charge is 0.338 e. The minimum absolute atomic E-state index is 0.0946. The lowest BCUT2D eigenvalue weighted by Crippen LogP contribution is -2.45. The number of aromatic nitrogens is 6. The Morgan fingerprint density at radius 2 is 1.84 bits per heavy atom. The second-order valence-electron chi connectivity index (χ2n) is 7.63. The van der Waals surface area contributed by atoms with Gasteiger partial charge in [0.15, 0.2) is 0 Å². The Morgan fingerprint density at radius 1 is 1.08 bits per heavy atom. The summed E-state index contributed by atoms with van der Waals surface area (Å²) in [5.41, 5.74) is 1.86. The van der Waals surface area contributed by atoms with Crippen molar-refractivity contribution in [1.82, 2.24) is 35.5 Å². The van der Waals surface area contributed by atoms with E-state index in [0.717, 1.165) is 18.0 Å². The van der Waals surface area contributed by atoms with Gasteiger partial charge in [0.25, 0.3) is 0 Å². The summed E-state index contributed by atoms with van der Waals surface area (Å²) in [6.45, 7) is 0. The molecule has 0 radical (unpaired) electrons. The van der Waals surface area contributed by atoms with Gasteiger partial charge in [-0.3, -0.25) is 14.9 Å². The molecule has 0 spiro atoms. The Kier molecular flexibility index (Phi) is 7.91. The van der Waals surface area contributed by atoms with E-state index in [0.29, 0.717) is 16.3 Å². The molecule has 0 saturated heterocycles. The number of anilines is 1. The summed E-state index contributed by atoms with van der Waals surface area (Å²) >= 11 is 6.12. The van der Waals surface area contributed by atoms with Crippen LogP contribution in [0.1, 0.15) is 21.5 Å². The lowest BCUT2D eigenvalue weighted by Gasteiger charge is -2.17. The van der Waals surface area contributed by atoms with Crippen molar-refractivity contribution in [3.63, 3.8) is 0 Å². The van der Waals surface area contributed by atoms with Crippen LogP contribution < -0.4 is 10.6 Å². The molecule has 2 amide bonds. The lowest BCUT2D eigenvalue weighted by molar-refractivity contribution is -0.123. The molecule has 0 fully saturated rings. The molecule has 4 rings (SSSR count).